The predicted octanol–water partition coefficient (Wildman–Crippen LogP) is 2.11. The molecule has 0 aliphatic carbocycles. The largest absolute Gasteiger partial charge is 0.312 e. The van der Waals surface area contributed by atoms with E-state index in [2.05, 4.69) is 36.3 Å². The lowest BCUT2D eigenvalue weighted by molar-refractivity contribution is 0.551. The van der Waals surface area contributed by atoms with Crippen LogP contribution in [0.1, 0.15) is 38.4 Å². The number of nitrogens with one attached hydrogen (secondary N) is 2. The van der Waals surface area contributed by atoms with Crippen LogP contribution in [0.25, 0.3) is 0 Å². The molecular formula is C11H21N3. The quantitative estimate of drug-likeness (QED) is 0.730. The van der Waals surface area contributed by atoms with Crippen molar-refractivity contribution in [2.24, 2.45) is 5.92 Å². The SMILES string of the molecule is CCCc1[nH]ncc1CNCC(C)C. The van der Waals surface area contributed by atoms with Crippen LogP contribution in [0, 0.1) is 5.92 Å². The Bertz CT molecular complexity index is 253. The Labute approximate surface area is 86.3 Å². The molecule has 0 aromatic carbocycles. The summed E-state index contributed by atoms with van der Waals surface area (Å²) in [5.41, 5.74) is 2.59. The van der Waals surface area contributed by atoms with Crippen molar-refractivity contribution in [3.63, 3.8) is 0 Å². The first-order valence-electron chi connectivity index (χ1n) is 5.45. The van der Waals surface area contributed by atoms with Gasteiger partial charge in [0.1, 0.15) is 0 Å². The molecule has 0 spiro atoms. The zero-order valence-corrected chi connectivity index (χ0v) is 9.43. The summed E-state index contributed by atoms with van der Waals surface area (Å²) in [7, 11) is 0. The summed E-state index contributed by atoms with van der Waals surface area (Å²) in [5.74, 6) is 0.705. The van der Waals surface area contributed by atoms with E-state index in [1.807, 2.05) is 6.20 Å². The van der Waals surface area contributed by atoms with Gasteiger partial charge >= 0.3 is 0 Å². The van der Waals surface area contributed by atoms with Crippen molar-refractivity contribution in [3.8, 4) is 0 Å². The number of rotatable bonds is 6. The Morgan fingerprint density at radius 2 is 2.29 bits per heavy atom. The highest BCUT2D eigenvalue weighted by atomic mass is 15.1. The standard InChI is InChI=1S/C11H21N3/c1-4-5-11-10(8-13-14-11)7-12-6-9(2)3/h8-9,12H,4-7H2,1-3H3,(H,13,14). The third-order valence-electron chi connectivity index (χ3n) is 2.18. The van der Waals surface area contributed by atoms with E-state index in [0.717, 1.165) is 19.5 Å². The molecule has 0 fully saturated rings. The van der Waals surface area contributed by atoms with Gasteiger partial charge in [0, 0.05) is 17.8 Å². The lowest BCUT2D eigenvalue weighted by Gasteiger charge is -2.07. The van der Waals surface area contributed by atoms with Gasteiger partial charge in [-0.2, -0.15) is 5.10 Å². The van der Waals surface area contributed by atoms with Gasteiger partial charge in [-0.05, 0) is 18.9 Å². The van der Waals surface area contributed by atoms with Crippen molar-refractivity contribution in [2.75, 3.05) is 6.54 Å². The molecule has 2 N–H and O–H groups in total. The summed E-state index contributed by atoms with van der Waals surface area (Å²) in [6, 6.07) is 0. The molecule has 0 saturated carbocycles. The molecule has 0 saturated heterocycles. The average Bonchev–Trinajstić information content (AvgIpc) is 2.53. The van der Waals surface area contributed by atoms with E-state index < -0.39 is 0 Å². The lowest BCUT2D eigenvalue weighted by Crippen LogP contribution is -2.19. The van der Waals surface area contributed by atoms with Crippen LogP contribution in [0.3, 0.4) is 0 Å². The van der Waals surface area contributed by atoms with Gasteiger partial charge in [0.2, 0.25) is 0 Å². The molecule has 0 amide bonds. The van der Waals surface area contributed by atoms with Gasteiger partial charge in [-0.15, -0.1) is 0 Å². The van der Waals surface area contributed by atoms with Gasteiger partial charge in [0.05, 0.1) is 6.20 Å². The Hall–Kier alpha value is -0.830. The maximum absolute atomic E-state index is 4.07. The van der Waals surface area contributed by atoms with Crippen LogP contribution in [0.5, 0.6) is 0 Å². The molecule has 0 radical (unpaired) electrons. The van der Waals surface area contributed by atoms with Gasteiger partial charge in [-0.3, -0.25) is 5.10 Å². The van der Waals surface area contributed by atoms with Gasteiger partial charge in [-0.25, -0.2) is 0 Å². The molecule has 1 aromatic rings. The Kier molecular flexibility index (Phi) is 4.66. The summed E-state index contributed by atoms with van der Waals surface area (Å²) in [5, 5.41) is 10.6. The van der Waals surface area contributed by atoms with E-state index in [9.17, 15) is 0 Å². The zero-order chi connectivity index (χ0) is 10.4. The van der Waals surface area contributed by atoms with Crippen molar-refractivity contribution < 1.29 is 0 Å². The van der Waals surface area contributed by atoms with Gasteiger partial charge in [0.15, 0.2) is 0 Å². The van der Waals surface area contributed by atoms with Crippen LogP contribution in [0.2, 0.25) is 0 Å². The summed E-state index contributed by atoms with van der Waals surface area (Å²) in [6.07, 6.45) is 4.19. The molecule has 0 aliphatic rings. The molecule has 3 nitrogen and oxygen atoms in total. The topological polar surface area (TPSA) is 40.7 Å². The highest BCUT2D eigenvalue weighted by Gasteiger charge is 2.03. The van der Waals surface area contributed by atoms with Crippen LogP contribution < -0.4 is 5.32 Å². The summed E-state index contributed by atoms with van der Waals surface area (Å²) in [6.45, 7) is 8.62. The minimum atomic E-state index is 0.705. The van der Waals surface area contributed by atoms with Crippen LogP contribution in [-0.4, -0.2) is 16.7 Å². The third-order valence-corrected chi connectivity index (χ3v) is 2.18. The maximum Gasteiger partial charge on any atom is 0.0535 e. The molecule has 0 bridgehead atoms. The molecule has 14 heavy (non-hydrogen) atoms. The van der Waals surface area contributed by atoms with Crippen molar-refractivity contribution in [2.45, 2.75) is 40.2 Å². The van der Waals surface area contributed by atoms with Gasteiger partial charge < -0.3 is 5.32 Å². The fourth-order valence-electron chi connectivity index (χ4n) is 1.45. The Balaban J connectivity index is 2.37. The van der Waals surface area contributed by atoms with Crippen LogP contribution in [0.15, 0.2) is 6.20 Å². The molecule has 80 valence electrons. The number of aryl methyl sites for hydroxylation is 1. The Morgan fingerprint density at radius 1 is 1.50 bits per heavy atom. The molecule has 1 aromatic heterocycles. The molecule has 0 unspecified atom stereocenters. The van der Waals surface area contributed by atoms with Crippen LogP contribution >= 0.6 is 0 Å². The van der Waals surface area contributed by atoms with E-state index in [-0.39, 0.29) is 0 Å². The van der Waals surface area contributed by atoms with Crippen LogP contribution in [0.4, 0.5) is 0 Å². The first-order valence-corrected chi connectivity index (χ1v) is 5.45. The average molecular weight is 195 g/mol. The smallest absolute Gasteiger partial charge is 0.0535 e. The van der Waals surface area contributed by atoms with E-state index in [1.165, 1.54) is 17.7 Å². The fraction of sp³-hybridized carbons (Fsp3) is 0.727. The Morgan fingerprint density at radius 3 is 2.93 bits per heavy atom. The van der Waals surface area contributed by atoms with E-state index in [4.69, 9.17) is 0 Å². The van der Waals surface area contributed by atoms with E-state index >= 15 is 0 Å². The summed E-state index contributed by atoms with van der Waals surface area (Å²) in [4.78, 5) is 0. The monoisotopic (exact) mass is 195 g/mol. The normalized spacial score (nSPS) is 11.1. The molecular weight excluding hydrogens is 174 g/mol. The molecule has 0 aliphatic heterocycles. The summed E-state index contributed by atoms with van der Waals surface area (Å²) < 4.78 is 0. The van der Waals surface area contributed by atoms with Crippen molar-refractivity contribution in [1.29, 1.82) is 0 Å². The molecule has 1 rings (SSSR count). The number of aromatic nitrogens is 2. The second-order valence-electron chi connectivity index (χ2n) is 4.15. The number of aromatic amines is 1. The van der Waals surface area contributed by atoms with Crippen molar-refractivity contribution >= 4 is 0 Å². The van der Waals surface area contributed by atoms with Gasteiger partial charge in [0.25, 0.3) is 0 Å². The number of nitrogens with zero attached hydrogens (tertiary/aromatic N) is 1. The van der Waals surface area contributed by atoms with Gasteiger partial charge in [-0.1, -0.05) is 27.2 Å². The molecule has 0 atom stereocenters. The first kappa shape index (κ1) is 11.2. The maximum atomic E-state index is 4.07. The van der Waals surface area contributed by atoms with Crippen LogP contribution in [-0.2, 0) is 13.0 Å². The second-order valence-corrected chi connectivity index (χ2v) is 4.15. The second kappa shape index (κ2) is 5.81. The predicted molar refractivity (Wildman–Crippen MR) is 59.1 cm³/mol. The highest BCUT2D eigenvalue weighted by molar-refractivity contribution is 5.15. The number of hydrogen-bond donors (Lipinski definition) is 2. The van der Waals surface area contributed by atoms with Crippen molar-refractivity contribution in [3.05, 3.63) is 17.5 Å². The minimum absolute atomic E-state index is 0.705. The fourth-order valence-corrected chi connectivity index (χ4v) is 1.45. The highest BCUT2D eigenvalue weighted by Crippen LogP contribution is 2.06. The third kappa shape index (κ3) is 3.50. The number of H-pyrrole nitrogens is 1. The number of hydrogen-bond acceptors (Lipinski definition) is 2. The molecule has 1 heterocycles. The van der Waals surface area contributed by atoms with Crippen molar-refractivity contribution in [1.82, 2.24) is 15.5 Å². The van der Waals surface area contributed by atoms with E-state index in [1.54, 1.807) is 0 Å². The first-order chi connectivity index (χ1) is 6.74. The molecule has 3 heteroatoms. The lowest BCUT2D eigenvalue weighted by atomic mass is 10.1. The summed E-state index contributed by atoms with van der Waals surface area (Å²) >= 11 is 0. The van der Waals surface area contributed by atoms with E-state index in [0.29, 0.717) is 5.92 Å². The minimum Gasteiger partial charge on any atom is -0.312 e. The zero-order valence-electron chi connectivity index (χ0n) is 9.43.